The van der Waals surface area contributed by atoms with Crippen LogP contribution in [0.3, 0.4) is 0 Å². The van der Waals surface area contributed by atoms with Gasteiger partial charge in [0, 0.05) is 15.2 Å². The maximum Gasteiger partial charge on any atom is 0.170 e. The zero-order valence-electron chi connectivity index (χ0n) is 8.77. The van der Waals surface area contributed by atoms with E-state index in [0.29, 0.717) is 5.56 Å². The molecule has 84 valence electrons. The number of rotatable bonds is 5. The van der Waals surface area contributed by atoms with Gasteiger partial charge in [0.25, 0.3) is 0 Å². The molecule has 0 heterocycles. The van der Waals surface area contributed by atoms with Gasteiger partial charge in [-0.3, -0.25) is 9.59 Å². The summed E-state index contributed by atoms with van der Waals surface area (Å²) in [5.41, 5.74) is 0.555. The number of carbonyl (C=O) groups is 2. The number of methoxy groups -OCH3 is 1. The Hall–Kier alpha value is -1.17. The van der Waals surface area contributed by atoms with E-state index < -0.39 is 0 Å². The van der Waals surface area contributed by atoms with Crippen molar-refractivity contribution in [1.82, 2.24) is 0 Å². The van der Waals surface area contributed by atoms with Crippen molar-refractivity contribution in [3.8, 4) is 0 Å². The van der Waals surface area contributed by atoms with Crippen LogP contribution in [0, 0.1) is 3.57 Å². The molecule has 0 unspecified atom stereocenters. The van der Waals surface area contributed by atoms with Crippen molar-refractivity contribution in [3.63, 3.8) is 0 Å². The lowest BCUT2D eigenvalue weighted by molar-refractivity contribution is -0.113. The largest absolute Gasteiger partial charge is 0.504 e. The Balaban J connectivity index is 2.62. The van der Waals surface area contributed by atoms with Crippen LogP contribution in [-0.2, 0) is 9.53 Å². The normalized spacial score (nSPS) is 10.4. The fourth-order valence-electron chi connectivity index (χ4n) is 1.10. The molecular weight excluding hydrogens is 319 g/mol. The predicted octanol–water partition coefficient (Wildman–Crippen LogP) is 2.59. The first-order chi connectivity index (χ1) is 7.63. The third kappa shape index (κ3) is 4.14. The summed E-state index contributed by atoms with van der Waals surface area (Å²) in [4.78, 5) is 22.9. The lowest BCUT2D eigenvalue weighted by Crippen LogP contribution is -2.05. The van der Waals surface area contributed by atoms with Gasteiger partial charge in [0.05, 0.1) is 19.8 Å². The zero-order chi connectivity index (χ0) is 12.0. The molecule has 0 saturated carbocycles. The average molecular weight is 330 g/mol. The second-order valence-corrected chi connectivity index (χ2v) is 4.36. The lowest BCUT2D eigenvalue weighted by Gasteiger charge is -1.98. The van der Waals surface area contributed by atoms with Crippen molar-refractivity contribution in [2.24, 2.45) is 0 Å². The number of hydrogen-bond acceptors (Lipinski definition) is 3. The summed E-state index contributed by atoms with van der Waals surface area (Å²) in [6, 6.07) is 7.11. The number of Topliss-reactive ketones (excluding diaryl/α,β-unsaturated/α-hetero) is 1. The Labute approximate surface area is 108 Å². The van der Waals surface area contributed by atoms with Gasteiger partial charge < -0.3 is 4.74 Å². The summed E-state index contributed by atoms with van der Waals surface area (Å²) >= 11 is 2.16. The number of hydrogen-bond donors (Lipinski definition) is 0. The van der Waals surface area contributed by atoms with E-state index in [0.717, 1.165) is 3.57 Å². The molecule has 16 heavy (non-hydrogen) atoms. The van der Waals surface area contributed by atoms with Gasteiger partial charge in [0.2, 0.25) is 0 Å². The van der Waals surface area contributed by atoms with Crippen molar-refractivity contribution < 1.29 is 14.3 Å². The number of ether oxygens (including phenoxy) is 1. The van der Waals surface area contributed by atoms with E-state index in [4.69, 9.17) is 0 Å². The molecule has 1 aromatic rings. The Morgan fingerprint density at radius 2 is 1.94 bits per heavy atom. The molecule has 0 aliphatic heterocycles. The third-order valence-corrected chi connectivity index (χ3v) is 2.61. The summed E-state index contributed by atoms with van der Waals surface area (Å²) in [5.74, 6) is -0.437. The highest BCUT2D eigenvalue weighted by molar-refractivity contribution is 14.1. The van der Waals surface area contributed by atoms with Crippen molar-refractivity contribution >= 4 is 34.2 Å². The summed E-state index contributed by atoms with van der Waals surface area (Å²) < 4.78 is 5.66. The molecule has 0 spiro atoms. The highest BCUT2D eigenvalue weighted by atomic mass is 127. The summed E-state index contributed by atoms with van der Waals surface area (Å²) in [5, 5.41) is 0. The van der Waals surface area contributed by atoms with E-state index >= 15 is 0 Å². The molecule has 0 amide bonds. The number of benzene rings is 1. The quantitative estimate of drug-likeness (QED) is 0.274. The first-order valence-corrected chi connectivity index (χ1v) is 5.72. The lowest BCUT2D eigenvalue weighted by atomic mass is 10.1. The molecule has 4 heteroatoms. The van der Waals surface area contributed by atoms with Crippen LogP contribution < -0.4 is 0 Å². The molecule has 0 aromatic heterocycles. The van der Waals surface area contributed by atoms with Gasteiger partial charge in [0.15, 0.2) is 11.6 Å². The van der Waals surface area contributed by atoms with E-state index in [9.17, 15) is 9.59 Å². The number of allylic oxidation sites excluding steroid dienone is 1. The number of halogens is 1. The highest BCUT2D eigenvalue weighted by Gasteiger charge is 2.09. The van der Waals surface area contributed by atoms with E-state index in [1.165, 1.54) is 19.4 Å². The molecule has 1 aromatic carbocycles. The fourth-order valence-corrected chi connectivity index (χ4v) is 1.46. The van der Waals surface area contributed by atoms with Crippen LogP contribution in [0.5, 0.6) is 0 Å². The monoisotopic (exact) mass is 330 g/mol. The third-order valence-electron chi connectivity index (χ3n) is 1.89. The second-order valence-electron chi connectivity index (χ2n) is 3.11. The van der Waals surface area contributed by atoms with E-state index in [1.807, 2.05) is 12.1 Å². The minimum atomic E-state index is -0.259. The van der Waals surface area contributed by atoms with Crippen LogP contribution in [-0.4, -0.2) is 18.7 Å². The Bertz CT molecular complexity index is 407. The first kappa shape index (κ1) is 12.9. The van der Waals surface area contributed by atoms with Gasteiger partial charge in [0.1, 0.15) is 0 Å². The van der Waals surface area contributed by atoms with Crippen LogP contribution in [0.2, 0.25) is 0 Å². The number of carbonyl (C=O) groups excluding carboxylic acids is 2. The van der Waals surface area contributed by atoms with Crippen LogP contribution in [0.4, 0.5) is 0 Å². The maximum absolute atomic E-state index is 11.6. The molecule has 0 fully saturated rings. The van der Waals surface area contributed by atoms with Crippen LogP contribution >= 0.6 is 22.6 Å². The van der Waals surface area contributed by atoms with Gasteiger partial charge in [-0.1, -0.05) is 12.1 Å². The molecule has 0 saturated heterocycles. The van der Waals surface area contributed by atoms with Crippen molar-refractivity contribution in [1.29, 1.82) is 0 Å². The molecular formula is C12H11IO3. The van der Waals surface area contributed by atoms with Crippen LogP contribution in [0.25, 0.3) is 0 Å². The van der Waals surface area contributed by atoms with Gasteiger partial charge in [-0.2, -0.15) is 0 Å². The van der Waals surface area contributed by atoms with Crippen molar-refractivity contribution in [2.75, 3.05) is 7.11 Å². The molecule has 0 atom stereocenters. The maximum atomic E-state index is 11.6. The van der Waals surface area contributed by atoms with Crippen molar-refractivity contribution in [2.45, 2.75) is 6.42 Å². The Morgan fingerprint density at radius 1 is 1.31 bits per heavy atom. The van der Waals surface area contributed by atoms with Gasteiger partial charge in [-0.25, -0.2) is 0 Å². The van der Waals surface area contributed by atoms with E-state index in [2.05, 4.69) is 27.3 Å². The summed E-state index contributed by atoms with van der Waals surface area (Å²) in [6.45, 7) is 0. The van der Waals surface area contributed by atoms with E-state index in [1.54, 1.807) is 12.1 Å². The molecule has 0 aliphatic rings. The molecule has 0 N–H and O–H groups in total. The molecule has 1 rings (SSSR count). The zero-order valence-corrected chi connectivity index (χ0v) is 10.9. The smallest absolute Gasteiger partial charge is 0.170 e. The van der Waals surface area contributed by atoms with Gasteiger partial charge in [-0.15, -0.1) is 0 Å². The standard InChI is InChI=1S/C12H11IO3/c1-16-7-6-11(14)8-12(15)9-2-4-10(13)5-3-9/h2-7H,8H2,1H3/b7-6+. The van der Waals surface area contributed by atoms with Gasteiger partial charge >= 0.3 is 0 Å². The van der Waals surface area contributed by atoms with E-state index in [-0.39, 0.29) is 18.0 Å². The first-order valence-electron chi connectivity index (χ1n) is 4.64. The second kappa shape index (κ2) is 6.42. The van der Waals surface area contributed by atoms with Crippen LogP contribution in [0.15, 0.2) is 36.6 Å². The van der Waals surface area contributed by atoms with Crippen molar-refractivity contribution in [3.05, 3.63) is 45.7 Å². The Morgan fingerprint density at radius 3 is 2.50 bits per heavy atom. The average Bonchev–Trinajstić information content (AvgIpc) is 2.27. The SMILES string of the molecule is CO/C=C/C(=O)CC(=O)c1ccc(I)cc1. The van der Waals surface area contributed by atoms with Gasteiger partial charge in [-0.05, 0) is 34.7 Å². The molecule has 0 radical (unpaired) electrons. The minimum absolute atomic E-state index is 0.125. The Kier molecular flexibility index (Phi) is 5.18. The highest BCUT2D eigenvalue weighted by Crippen LogP contribution is 2.09. The number of ketones is 2. The molecule has 0 aliphatic carbocycles. The molecule has 0 bridgehead atoms. The predicted molar refractivity (Wildman–Crippen MR) is 69.3 cm³/mol. The summed E-state index contributed by atoms with van der Waals surface area (Å²) in [6.07, 6.45) is 2.40. The topological polar surface area (TPSA) is 43.4 Å². The fraction of sp³-hybridized carbons (Fsp3) is 0.167. The summed E-state index contributed by atoms with van der Waals surface area (Å²) in [7, 11) is 1.45. The minimum Gasteiger partial charge on any atom is -0.504 e. The van der Waals surface area contributed by atoms with Crippen LogP contribution in [0.1, 0.15) is 16.8 Å². The molecule has 3 nitrogen and oxygen atoms in total.